The van der Waals surface area contributed by atoms with Crippen molar-refractivity contribution in [3.8, 4) is 0 Å². The van der Waals surface area contributed by atoms with Gasteiger partial charge in [0.15, 0.2) is 0 Å². The van der Waals surface area contributed by atoms with Gasteiger partial charge in [-0.05, 0) is 12.3 Å². The third-order valence-corrected chi connectivity index (χ3v) is 1.94. The van der Waals surface area contributed by atoms with Crippen LogP contribution in [0.3, 0.4) is 0 Å². The molecule has 0 aliphatic carbocycles. The molecule has 1 aliphatic rings. The highest BCUT2D eigenvalue weighted by Gasteiger charge is 2.20. The van der Waals surface area contributed by atoms with Crippen LogP contribution in [0.15, 0.2) is 0 Å². The predicted octanol–water partition coefficient (Wildman–Crippen LogP) is 2.08. The largest absolute Gasteiger partial charge is 0.379 e. The van der Waals surface area contributed by atoms with E-state index in [1.165, 1.54) is 0 Å². The molecule has 2 atom stereocenters. The fourth-order valence-corrected chi connectivity index (χ4v) is 1.12. The van der Waals surface area contributed by atoms with Crippen LogP contribution in [0.25, 0.3) is 0 Å². The molecule has 1 saturated heterocycles. The lowest BCUT2D eigenvalue weighted by Crippen LogP contribution is -2.31. The van der Waals surface area contributed by atoms with Gasteiger partial charge in [0.2, 0.25) is 0 Å². The zero-order valence-electron chi connectivity index (χ0n) is 8.09. The minimum atomic E-state index is 0.332. The zero-order chi connectivity index (χ0) is 8.69. The first-order valence-electron chi connectivity index (χ1n) is 4.45. The molecule has 1 aliphatic heterocycles. The van der Waals surface area contributed by atoms with Gasteiger partial charge in [-0.1, -0.05) is 20.8 Å². The topological polar surface area (TPSA) is 18.5 Å². The van der Waals surface area contributed by atoms with Crippen LogP contribution in [0.5, 0.6) is 0 Å². The summed E-state index contributed by atoms with van der Waals surface area (Å²) >= 11 is 0. The molecule has 2 nitrogen and oxygen atoms in total. The minimum absolute atomic E-state index is 0.332. The first-order chi connectivity index (χ1) is 5.34. The molecule has 68 valence electrons. The summed E-state index contributed by atoms with van der Waals surface area (Å²) in [5.74, 6) is 0.670. The molecule has 0 bridgehead atoms. The highest BCUT2D eigenvalue weighted by molar-refractivity contribution is 4.69. The summed E-state index contributed by atoms with van der Waals surface area (Å²) in [4.78, 5) is 0. The molecule has 0 saturated carbocycles. The Bertz CT molecular complexity index is 83.6. The van der Waals surface area contributed by atoms with E-state index in [0.29, 0.717) is 12.0 Å². The SMILES string of the molecule is CC.COC1COCCC1C. The number of hydrogen-bond acceptors (Lipinski definition) is 2. The molecule has 0 N–H and O–H groups in total. The molecule has 0 amide bonds. The first-order valence-corrected chi connectivity index (χ1v) is 4.45. The Morgan fingerprint density at radius 3 is 2.36 bits per heavy atom. The summed E-state index contributed by atoms with van der Waals surface area (Å²) in [6, 6.07) is 0. The molecular weight excluding hydrogens is 140 g/mol. The summed E-state index contributed by atoms with van der Waals surface area (Å²) in [7, 11) is 1.75. The van der Waals surface area contributed by atoms with Gasteiger partial charge in [-0.3, -0.25) is 0 Å². The summed E-state index contributed by atoms with van der Waals surface area (Å²) in [5, 5.41) is 0. The van der Waals surface area contributed by atoms with Crippen molar-refractivity contribution in [3.05, 3.63) is 0 Å². The van der Waals surface area contributed by atoms with Crippen molar-refractivity contribution in [1.29, 1.82) is 0 Å². The fraction of sp³-hybridized carbons (Fsp3) is 1.00. The van der Waals surface area contributed by atoms with Crippen LogP contribution >= 0.6 is 0 Å². The van der Waals surface area contributed by atoms with Crippen LogP contribution in [-0.2, 0) is 9.47 Å². The van der Waals surface area contributed by atoms with Crippen LogP contribution in [0.2, 0.25) is 0 Å². The molecule has 1 fully saturated rings. The summed E-state index contributed by atoms with van der Waals surface area (Å²) in [6.07, 6.45) is 1.47. The van der Waals surface area contributed by atoms with Crippen molar-refractivity contribution in [1.82, 2.24) is 0 Å². The van der Waals surface area contributed by atoms with Crippen LogP contribution in [0, 0.1) is 5.92 Å². The minimum Gasteiger partial charge on any atom is -0.379 e. The molecule has 0 aromatic rings. The summed E-state index contributed by atoms with van der Waals surface area (Å²) in [6.45, 7) is 7.88. The van der Waals surface area contributed by atoms with Crippen LogP contribution in [0.4, 0.5) is 0 Å². The van der Waals surface area contributed by atoms with Gasteiger partial charge in [-0.2, -0.15) is 0 Å². The molecule has 1 heterocycles. The van der Waals surface area contributed by atoms with Crippen LogP contribution in [0.1, 0.15) is 27.2 Å². The van der Waals surface area contributed by atoms with E-state index < -0.39 is 0 Å². The maximum atomic E-state index is 5.22. The van der Waals surface area contributed by atoms with Crippen molar-refractivity contribution in [2.45, 2.75) is 33.3 Å². The van der Waals surface area contributed by atoms with Gasteiger partial charge in [0.1, 0.15) is 0 Å². The lowest BCUT2D eigenvalue weighted by atomic mass is 10.00. The monoisotopic (exact) mass is 160 g/mol. The molecular formula is C9H20O2. The molecule has 2 heteroatoms. The van der Waals surface area contributed by atoms with Crippen LogP contribution < -0.4 is 0 Å². The third-order valence-electron chi connectivity index (χ3n) is 1.94. The fourth-order valence-electron chi connectivity index (χ4n) is 1.12. The molecule has 0 spiro atoms. The van der Waals surface area contributed by atoms with Gasteiger partial charge in [0.25, 0.3) is 0 Å². The number of hydrogen-bond donors (Lipinski definition) is 0. The average Bonchev–Trinajstić information content (AvgIpc) is 2.09. The highest BCUT2D eigenvalue weighted by Crippen LogP contribution is 2.16. The standard InChI is InChI=1S/C7H14O2.C2H6/c1-6-3-4-9-5-7(6)8-2;1-2/h6-7H,3-5H2,1-2H3;1-2H3. The van der Waals surface area contributed by atoms with Crippen molar-refractivity contribution in [3.63, 3.8) is 0 Å². The summed E-state index contributed by atoms with van der Waals surface area (Å²) < 4.78 is 10.4. The van der Waals surface area contributed by atoms with E-state index >= 15 is 0 Å². The smallest absolute Gasteiger partial charge is 0.0830 e. The molecule has 0 aromatic carbocycles. The Labute approximate surface area is 69.9 Å². The Morgan fingerprint density at radius 2 is 2.00 bits per heavy atom. The Kier molecular flexibility index (Phi) is 6.57. The number of rotatable bonds is 1. The van der Waals surface area contributed by atoms with E-state index in [1.54, 1.807) is 7.11 Å². The van der Waals surface area contributed by atoms with Gasteiger partial charge in [0.05, 0.1) is 12.7 Å². The maximum Gasteiger partial charge on any atom is 0.0830 e. The van der Waals surface area contributed by atoms with E-state index in [-0.39, 0.29) is 0 Å². The van der Waals surface area contributed by atoms with Crippen molar-refractivity contribution in [2.75, 3.05) is 20.3 Å². The van der Waals surface area contributed by atoms with E-state index in [0.717, 1.165) is 19.6 Å². The molecule has 1 rings (SSSR count). The van der Waals surface area contributed by atoms with E-state index in [4.69, 9.17) is 9.47 Å². The van der Waals surface area contributed by atoms with Crippen LogP contribution in [-0.4, -0.2) is 26.4 Å². The second-order valence-electron chi connectivity index (χ2n) is 2.62. The lowest BCUT2D eigenvalue weighted by molar-refractivity contribution is -0.0600. The molecule has 0 radical (unpaired) electrons. The summed E-state index contributed by atoms with van der Waals surface area (Å²) in [5.41, 5.74) is 0. The van der Waals surface area contributed by atoms with E-state index in [9.17, 15) is 0 Å². The maximum absolute atomic E-state index is 5.22. The number of methoxy groups -OCH3 is 1. The Hall–Kier alpha value is -0.0800. The van der Waals surface area contributed by atoms with Gasteiger partial charge in [-0.25, -0.2) is 0 Å². The normalized spacial score (nSPS) is 30.5. The Morgan fingerprint density at radius 1 is 1.36 bits per heavy atom. The molecule has 2 unspecified atom stereocenters. The van der Waals surface area contributed by atoms with Crippen molar-refractivity contribution < 1.29 is 9.47 Å². The predicted molar refractivity (Wildman–Crippen MR) is 46.7 cm³/mol. The second-order valence-corrected chi connectivity index (χ2v) is 2.62. The highest BCUT2D eigenvalue weighted by atomic mass is 16.5. The zero-order valence-corrected chi connectivity index (χ0v) is 8.09. The van der Waals surface area contributed by atoms with Crippen molar-refractivity contribution >= 4 is 0 Å². The average molecular weight is 160 g/mol. The van der Waals surface area contributed by atoms with E-state index in [2.05, 4.69) is 6.92 Å². The van der Waals surface area contributed by atoms with Gasteiger partial charge >= 0.3 is 0 Å². The quantitative estimate of drug-likeness (QED) is 0.584. The van der Waals surface area contributed by atoms with Crippen molar-refractivity contribution in [2.24, 2.45) is 5.92 Å². The second kappa shape index (κ2) is 6.62. The lowest BCUT2D eigenvalue weighted by Gasteiger charge is -2.27. The number of ether oxygens (including phenoxy) is 2. The van der Waals surface area contributed by atoms with Gasteiger partial charge in [-0.15, -0.1) is 0 Å². The van der Waals surface area contributed by atoms with E-state index in [1.807, 2.05) is 13.8 Å². The third kappa shape index (κ3) is 3.73. The molecule has 11 heavy (non-hydrogen) atoms. The first kappa shape index (κ1) is 10.9. The van der Waals surface area contributed by atoms with Gasteiger partial charge in [0, 0.05) is 13.7 Å². The van der Waals surface area contributed by atoms with Gasteiger partial charge < -0.3 is 9.47 Å². The molecule has 0 aromatic heterocycles. The Balaban J connectivity index is 0.000000461.